The molecule has 0 spiro atoms. The maximum absolute atomic E-state index is 12.6. The van der Waals surface area contributed by atoms with Gasteiger partial charge in [-0.15, -0.1) is 0 Å². The minimum absolute atomic E-state index is 0.311. The Balaban J connectivity index is 1.37. The van der Waals surface area contributed by atoms with Crippen LogP contribution in [0.5, 0.6) is 23.0 Å². The summed E-state index contributed by atoms with van der Waals surface area (Å²) in [4.78, 5) is 36.1. The van der Waals surface area contributed by atoms with Crippen molar-refractivity contribution in [3.8, 4) is 23.0 Å². The van der Waals surface area contributed by atoms with Crippen molar-refractivity contribution < 1.29 is 38.1 Å². The second kappa shape index (κ2) is 18.8. The van der Waals surface area contributed by atoms with Gasteiger partial charge in [-0.3, -0.25) is 0 Å². The van der Waals surface area contributed by atoms with E-state index < -0.39 is 17.9 Å². The molecule has 3 aromatic carbocycles. The number of unbranched alkanes of at least 4 members (excludes halogenated alkanes) is 6. The van der Waals surface area contributed by atoms with Gasteiger partial charge in [0.2, 0.25) is 0 Å². The van der Waals surface area contributed by atoms with Crippen molar-refractivity contribution in [2.24, 2.45) is 0 Å². The summed E-state index contributed by atoms with van der Waals surface area (Å²) in [5.41, 5.74) is 0.766. The number of rotatable bonds is 19. The lowest BCUT2D eigenvalue weighted by atomic mass is 10.1. The lowest BCUT2D eigenvalue weighted by molar-refractivity contribution is -0.137. The Bertz CT molecular complexity index is 1280. The summed E-state index contributed by atoms with van der Waals surface area (Å²) < 4.78 is 27.2. The number of hydrogen-bond acceptors (Lipinski definition) is 8. The summed E-state index contributed by atoms with van der Waals surface area (Å²) in [5, 5.41) is 0. The zero-order valence-electron chi connectivity index (χ0n) is 24.8. The Kier molecular flexibility index (Phi) is 14.4. The van der Waals surface area contributed by atoms with Crippen molar-refractivity contribution in [3.63, 3.8) is 0 Å². The minimum atomic E-state index is -0.529. The molecule has 3 rings (SSSR count). The molecule has 0 aliphatic rings. The highest BCUT2D eigenvalue weighted by molar-refractivity contribution is 5.92. The highest BCUT2D eigenvalue weighted by Gasteiger charge is 2.12. The van der Waals surface area contributed by atoms with E-state index in [-0.39, 0.29) is 0 Å². The molecule has 0 amide bonds. The molecule has 0 aliphatic heterocycles. The molecule has 0 radical (unpaired) electrons. The molecule has 0 saturated carbocycles. The fourth-order valence-electron chi connectivity index (χ4n) is 3.98. The van der Waals surface area contributed by atoms with Crippen molar-refractivity contribution in [2.45, 2.75) is 58.3 Å². The van der Waals surface area contributed by atoms with Crippen molar-refractivity contribution >= 4 is 17.9 Å². The number of hydrogen-bond donors (Lipinski definition) is 0. The molecule has 0 bridgehead atoms. The van der Waals surface area contributed by atoms with E-state index in [0.717, 1.165) is 24.7 Å². The standard InChI is InChI=1S/C35H40O8/c1-3-5-6-7-8-9-24-39-29-16-12-27(13-17-29)34(37)42-31-20-22-32(23-21-31)43-35(38)28-14-18-30(19-15-28)40-25-10-11-26-41-33(36)4-2/h4,12-23H,2-3,5-11,24-26H2,1H3. The van der Waals surface area contributed by atoms with Gasteiger partial charge in [0.05, 0.1) is 30.9 Å². The van der Waals surface area contributed by atoms with E-state index in [2.05, 4.69) is 13.5 Å². The Hall–Kier alpha value is -4.59. The van der Waals surface area contributed by atoms with Crippen LogP contribution in [-0.2, 0) is 9.53 Å². The van der Waals surface area contributed by atoms with Crippen LogP contribution in [-0.4, -0.2) is 37.7 Å². The summed E-state index contributed by atoms with van der Waals surface area (Å²) in [5.74, 6) is 0.511. The SMILES string of the molecule is C=CC(=O)OCCCCOc1ccc(C(=O)Oc2ccc(OC(=O)c3ccc(OCCCCCCCC)cc3)cc2)cc1. The van der Waals surface area contributed by atoms with Crippen molar-refractivity contribution in [3.05, 3.63) is 96.6 Å². The van der Waals surface area contributed by atoms with Gasteiger partial charge in [-0.25, -0.2) is 14.4 Å². The summed E-state index contributed by atoms with van der Waals surface area (Å²) in [6.07, 6.45) is 9.71. The molecule has 0 aromatic heterocycles. The first-order valence-corrected chi connectivity index (χ1v) is 14.8. The number of carbonyl (C=O) groups is 3. The quantitative estimate of drug-likeness (QED) is 0.0607. The topological polar surface area (TPSA) is 97.4 Å². The molecule has 0 aliphatic carbocycles. The average molecular weight is 589 g/mol. The summed E-state index contributed by atoms with van der Waals surface area (Å²) in [7, 11) is 0. The summed E-state index contributed by atoms with van der Waals surface area (Å²) in [6, 6.07) is 19.7. The van der Waals surface area contributed by atoms with Crippen molar-refractivity contribution in [1.82, 2.24) is 0 Å². The van der Waals surface area contributed by atoms with Gasteiger partial charge in [0.25, 0.3) is 0 Å². The molecule has 8 nitrogen and oxygen atoms in total. The van der Waals surface area contributed by atoms with Crippen LogP contribution in [0.2, 0.25) is 0 Å². The summed E-state index contributed by atoms with van der Waals surface area (Å²) in [6.45, 7) is 6.97. The molecular weight excluding hydrogens is 548 g/mol. The van der Waals surface area contributed by atoms with Gasteiger partial charge in [-0.2, -0.15) is 0 Å². The minimum Gasteiger partial charge on any atom is -0.494 e. The molecule has 43 heavy (non-hydrogen) atoms. The van der Waals surface area contributed by atoms with Crippen LogP contribution in [0.1, 0.15) is 79.0 Å². The third-order valence-electron chi connectivity index (χ3n) is 6.41. The maximum Gasteiger partial charge on any atom is 0.343 e. The lowest BCUT2D eigenvalue weighted by Gasteiger charge is -2.09. The monoisotopic (exact) mass is 588 g/mol. The fraction of sp³-hybridized carbons (Fsp3) is 0.343. The van der Waals surface area contributed by atoms with Gasteiger partial charge in [-0.05, 0) is 92.1 Å². The molecule has 8 heteroatoms. The van der Waals surface area contributed by atoms with Crippen molar-refractivity contribution in [2.75, 3.05) is 19.8 Å². The van der Waals surface area contributed by atoms with Crippen molar-refractivity contribution in [1.29, 1.82) is 0 Å². The van der Waals surface area contributed by atoms with E-state index in [0.29, 0.717) is 61.0 Å². The van der Waals surface area contributed by atoms with E-state index in [1.165, 1.54) is 25.7 Å². The lowest BCUT2D eigenvalue weighted by Crippen LogP contribution is -2.10. The van der Waals surface area contributed by atoms with E-state index in [1.54, 1.807) is 72.8 Å². The molecule has 0 fully saturated rings. The molecule has 3 aromatic rings. The zero-order valence-corrected chi connectivity index (χ0v) is 24.8. The van der Waals surface area contributed by atoms with Crippen LogP contribution in [0.25, 0.3) is 0 Å². The van der Waals surface area contributed by atoms with E-state index in [9.17, 15) is 14.4 Å². The van der Waals surface area contributed by atoms with E-state index >= 15 is 0 Å². The molecular formula is C35H40O8. The molecule has 228 valence electrons. The average Bonchev–Trinajstić information content (AvgIpc) is 3.03. The van der Waals surface area contributed by atoms with Crippen LogP contribution in [0.3, 0.4) is 0 Å². The first kappa shape index (κ1) is 32.9. The number of carbonyl (C=O) groups excluding carboxylic acids is 3. The molecule has 0 saturated heterocycles. The third kappa shape index (κ3) is 12.4. The number of esters is 3. The van der Waals surface area contributed by atoms with Crippen LogP contribution in [0.4, 0.5) is 0 Å². The first-order chi connectivity index (χ1) is 21.0. The maximum atomic E-state index is 12.6. The van der Waals surface area contributed by atoms with Gasteiger partial charge in [0.1, 0.15) is 23.0 Å². The largest absolute Gasteiger partial charge is 0.494 e. The van der Waals surface area contributed by atoms with Gasteiger partial charge in [0.15, 0.2) is 0 Å². The fourth-order valence-corrected chi connectivity index (χ4v) is 3.98. The Labute approximate surface area is 253 Å². The predicted octanol–water partition coefficient (Wildman–Crippen LogP) is 7.75. The Morgan fingerprint density at radius 3 is 1.42 bits per heavy atom. The van der Waals surface area contributed by atoms with Crippen LogP contribution in [0, 0.1) is 0 Å². The molecule has 0 atom stereocenters. The highest BCUT2D eigenvalue weighted by Crippen LogP contribution is 2.21. The second-order valence-corrected chi connectivity index (χ2v) is 9.84. The van der Waals surface area contributed by atoms with E-state index in [4.69, 9.17) is 23.7 Å². The van der Waals surface area contributed by atoms with Crippen LogP contribution < -0.4 is 18.9 Å². The molecule has 0 heterocycles. The van der Waals surface area contributed by atoms with Gasteiger partial charge < -0.3 is 23.7 Å². The third-order valence-corrected chi connectivity index (χ3v) is 6.41. The second-order valence-electron chi connectivity index (χ2n) is 9.84. The zero-order chi connectivity index (χ0) is 30.7. The van der Waals surface area contributed by atoms with Gasteiger partial charge in [0, 0.05) is 6.08 Å². The number of benzene rings is 3. The van der Waals surface area contributed by atoms with Gasteiger partial charge in [-0.1, -0.05) is 45.6 Å². The van der Waals surface area contributed by atoms with Crippen LogP contribution >= 0.6 is 0 Å². The highest BCUT2D eigenvalue weighted by atomic mass is 16.5. The van der Waals surface area contributed by atoms with Gasteiger partial charge >= 0.3 is 17.9 Å². The predicted molar refractivity (Wildman–Crippen MR) is 164 cm³/mol. The Morgan fingerprint density at radius 2 is 0.953 bits per heavy atom. The normalized spacial score (nSPS) is 10.4. The van der Waals surface area contributed by atoms with E-state index in [1.807, 2.05) is 0 Å². The summed E-state index contributed by atoms with van der Waals surface area (Å²) >= 11 is 0. The first-order valence-electron chi connectivity index (χ1n) is 14.8. The molecule has 0 unspecified atom stereocenters. The number of ether oxygens (including phenoxy) is 5. The Morgan fingerprint density at radius 1 is 0.558 bits per heavy atom. The molecule has 0 N–H and O–H groups in total. The smallest absolute Gasteiger partial charge is 0.343 e. The van der Waals surface area contributed by atoms with Crippen LogP contribution in [0.15, 0.2) is 85.5 Å².